The highest BCUT2D eigenvalue weighted by Gasteiger charge is 2.24. The van der Waals surface area contributed by atoms with Gasteiger partial charge in [-0.25, -0.2) is 4.79 Å². The second kappa shape index (κ2) is 8.00. The maximum Gasteiger partial charge on any atom is 0.338 e. The van der Waals surface area contributed by atoms with Crippen molar-refractivity contribution in [1.82, 2.24) is 4.98 Å². The molecule has 0 fully saturated rings. The Morgan fingerprint density at radius 1 is 1.13 bits per heavy atom. The van der Waals surface area contributed by atoms with Crippen LogP contribution in [0.2, 0.25) is 0 Å². The van der Waals surface area contributed by atoms with Gasteiger partial charge in [-0.1, -0.05) is 12.1 Å². The van der Waals surface area contributed by atoms with Crippen molar-refractivity contribution in [2.24, 2.45) is 0 Å². The molecule has 7 heteroatoms. The van der Waals surface area contributed by atoms with Gasteiger partial charge in [0.1, 0.15) is 5.75 Å². The van der Waals surface area contributed by atoms with Crippen molar-refractivity contribution < 1.29 is 19.1 Å². The number of carbonyl (C=O) groups excluding carboxylic acids is 2. The maximum absolute atomic E-state index is 13.0. The van der Waals surface area contributed by atoms with Crippen LogP contribution in [0.25, 0.3) is 31.4 Å². The normalized spacial score (nSPS) is 11.1. The number of aromatic nitrogens is 1. The molecule has 0 saturated carbocycles. The monoisotopic (exact) mass is 435 g/mol. The number of thiophene rings is 1. The Kier molecular flexibility index (Phi) is 5.37. The van der Waals surface area contributed by atoms with Crippen LogP contribution in [0.5, 0.6) is 5.75 Å². The molecule has 0 saturated heterocycles. The number of fused-ring (bicyclic) bond motifs is 3. The number of aromatic amines is 1. The molecule has 2 aromatic carbocycles. The molecule has 0 aliphatic rings. The molecule has 6 nitrogen and oxygen atoms in total. The molecular formula is C24H21NO5S. The molecule has 158 valence electrons. The number of aryl methyl sites for hydroxylation is 1. The van der Waals surface area contributed by atoms with E-state index in [1.54, 1.807) is 32.2 Å². The fraction of sp³-hybridized carbons (Fsp3) is 0.208. The van der Waals surface area contributed by atoms with Gasteiger partial charge in [0, 0.05) is 15.6 Å². The molecule has 4 aromatic rings. The van der Waals surface area contributed by atoms with Crippen LogP contribution in [0.4, 0.5) is 0 Å². The predicted octanol–water partition coefficient (Wildman–Crippen LogP) is 5.11. The van der Waals surface area contributed by atoms with Gasteiger partial charge in [-0.3, -0.25) is 9.59 Å². The van der Waals surface area contributed by atoms with Gasteiger partial charge in [0.2, 0.25) is 0 Å². The highest BCUT2D eigenvalue weighted by molar-refractivity contribution is 7.26. The third-order valence-electron chi connectivity index (χ3n) is 5.10. The van der Waals surface area contributed by atoms with Crippen LogP contribution in [0.3, 0.4) is 0 Å². The lowest BCUT2D eigenvalue weighted by atomic mass is 9.97. The Labute approximate surface area is 182 Å². The molecule has 0 bridgehead atoms. The smallest absolute Gasteiger partial charge is 0.338 e. The van der Waals surface area contributed by atoms with E-state index in [0.29, 0.717) is 27.8 Å². The SMILES string of the molecule is CCOC(=O)c1cc(C)cc2sc3c(-c4ccc(OC)cc4)c(C(C)=O)c(=O)[nH]c3c12. The number of H-pyrrole nitrogens is 1. The number of pyridine rings is 1. The predicted molar refractivity (Wildman–Crippen MR) is 123 cm³/mol. The average Bonchev–Trinajstić information content (AvgIpc) is 3.09. The number of nitrogens with one attached hydrogen (secondary N) is 1. The summed E-state index contributed by atoms with van der Waals surface area (Å²) < 4.78 is 12.1. The minimum absolute atomic E-state index is 0.0960. The number of ether oxygens (including phenoxy) is 2. The average molecular weight is 436 g/mol. The van der Waals surface area contributed by atoms with Gasteiger partial charge in [0.15, 0.2) is 5.78 Å². The van der Waals surface area contributed by atoms with Gasteiger partial charge >= 0.3 is 5.97 Å². The van der Waals surface area contributed by atoms with E-state index >= 15 is 0 Å². The standard InChI is InChI=1S/C24H21NO5S/c1-5-30-24(28)16-10-12(2)11-17-20(16)21-22(31-17)19(18(13(3)26)23(27)25-21)14-6-8-15(29-4)9-7-14/h6-11H,5H2,1-4H3,(H,25,27). The van der Waals surface area contributed by atoms with E-state index in [1.807, 2.05) is 25.1 Å². The lowest BCUT2D eigenvalue weighted by molar-refractivity contribution is 0.0528. The zero-order valence-electron chi connectivity index (χ0n) is 17.6. The first-order chi connectivity index (χ1) is 14.8. The number of carbonyl (C=O) groups is 2. The van der Waals surface area contributed by atoms with E-state index in [4.69, 9.17) is 9.47 Å². The molecule has 0 unspecified atom stereocenters. The Hall–Kier alpha value is -3.45. The number of methoxy groups -OCH3 is 1. The summed E-state index contributed by atoms with van der Waals surface area (Å²) in [6, 6.07) is 10.9. The first kappa shape index (κ1) is 20.8. The Bertz CT molecular complexity index is 1400. The second-order valence-corrected chi connectivity index (χ2v) is 8.25. The molecule has 31 heavy (non-hydrogen) atoms. The summed E-state index contributed by atoms with van der Waals surface area (Å²) in [5, 5.41) is 0.631. The van der Waals surface area contributed by atoms with Crippen LogP contribution in [0, 0.1) is 6.92 Å². The fourth-order valence-corrected chi connectivity index (χ4v) is 5.16. The van der Waals surface area contributed by atoms with Crippen molar-refractivity contribution in [1.29, 1.82) is 0 Å². The van der Waals surface area contributed by atoms with Gasteiger partial charge in [-0.15, -0.1) is 11.3 Å². The van der Waals surface area contributed by atoms with E-state index in [1.165, 1.54) is 18.3 Å². The van der Waals surface area contributed by atoms with Crippen molar-refractivity contribution in [2.45, 2.75) is 20.8 Å². The molecule has 0 spiro atoms. The van der Waals surface area contributed by atoms with Crippen LogP contribution in [-0.4, -0.2) is 30.5 Å². The quantitative estimate of drug-likeness (QED) is 0.348. The van der Waals surface area contributed by atoms with Crippen LogP contribution in [-0.2, 0) is 4.74 Å². The van der Waals surface area contributed by atoms with E-state index in [2.05, 4.69) is 4.98 Å². The Morgan fingerprint density at radius 3 is 2.45 bits per heavy atom. The van der Waals surface area contributed by atoms with Crippen LogP contribution in [0.1, 0.15) is 40.1 Å². The lowest BCUT2D eigenvalue weighted by Gasteiger charge is -2.10. The van der Waals surface area contributed by atoms with Crippen molar-refractivity contribution in [3.05, 3.63) is 63.4 Å². The van der Waals surface area contributed by atoms with Gasteiger partial charge in [0.25, 0.3) is 5.56 Å². The summed E-state index contributed by atoms with van der Waals surface area (Å²) in [6.07, 6.45) is 0. The molecule has 2 heterocycles. The molecule has 0 amide bonds. The van der Waals surface area contributed by atoms with Crippen LogP contribution < -0.4 is 10.3 Å². The largest absolute Gasteiger partial charge is 0.497 e. The molecule has 2 aromatic heterocycles. The molecule has 0 aliphatic heterocycles. The minimum atomic E-state index is -0.485. The topological polar surface area (TPSA) is 85.5 Å². The summed E-state index contributed by atoms with van der Waals surface area (Å²) in [6.45, 7) is 5.28. The molecule has 4 rings (SSSR count). The number of benzene rings is 2. The van der Waals surface area contributed by atoms with E-state index in [9.17, 15) is 14.4 Å². The summed E-state index contributed by atoms with van der Waals surface area (Å²) >= 11 is 1.44. The Balaban J connectivity index is 2.16. The first-order valence-electron chi connectivity index (χ1n) is 9.81. The van der Waals surface area contributed by atoms with Crippen LogP contribution in [0.15, 0.2) is 41.2 Å². The number of esters is 1. The number of hydrogen-bond donors (Lipinski definition) is 1. The van der Waals surface area contributed by atoms with Crippen molar-refractivity contribution in [2.75, 3.05) is 13.7 Å². The van der Waals surface area contributed by atoms with Crippen molar-refractivity contribution in [3.8, 4) is 16.9 Å². The second-order valence-electron chi connectivity index (χ2n) is 7.20. The van der Waals surface area contributed by atoms with Gasteiger partial charge in [-0.05, 0) is 56.2 Å². The Morgan fingerprint density at radius 2 is 1.84 bits per heavy atom. The summed E-state index contributed by atoms with van der Waals surface area (Å²) in [5.74, 6) is -0.0996. The highest BCUT2D eigenvalue weighted by atomic mass is 32.1. The van der Waals surface area contributed by atoms with Crippen LogP contribution >= 0.6 is 11.3 Å². The summed E-state index contributed by atoms with van der Waals surface area (Å²) in [4.78, 5) is 41.0. The molecule has 1 N–H and O–H groups in total. The third kappa shape index (κ3) is 3.51. The molecule has 0 atom stereocenters. The van der Waals surface area contributed by atoms with Crippen molar-refractivity contribution in [3.63, 3.8) is 0 Å². The number of ketones is 1. The van der Waals surface area contributed by atoms with Gasteiger partial charge in [-0.2, -0.15) is 0 Å². The lowest BCUT2D eigenvalue weighted by Crippen LogP contribution is -2.17. The number of Topliss-reactive ketones (excluding diaryl/α,β-unsaturated/α-hetero) is 1. The van der Waals surface area contributed by atoms with Gasteiger partial charge in [0.05, 0.1) is 35.1 Å². The summed E-state index contributed by atoms with van der Waals surface area (Å²) in [5.41, 5.74) is 2.73. The number of rotatable bonds is 5. The molecular weight excluding hydrogens is 414 g/mol. The van der Waals surface area contributed by atoms with E-state index in [0.717, 1.165) is 20.5 Å². The fourth-order valence-electron chi connectivity index (χ4n) is 3.80. The third-order valence-corrected chi connectivity index (χ3v) is 6.26. The maximum atomic E-state index is 13.0. The first-order valence-corrected chi connectivity index (χ1v) is 10.6. The molecule has 0 radical (unpaired) electrons. The van der Waals surface area contributed by atoms with E-state index < -0.39 is 11.5 Å². The minimum Gasteiger partial charge on any atom is -0.497 e. The highest BCUT2D eigenvalue weighted by Crippen LogP contribution is 2.41. The van der Waals surface area contributed by atoms with Gasteiger partial charge < -0.3 is 14.5 Å². The molecule has 0 aliphatic carbocycles. The zero-order valence-corrected chi connectivity index (χ0v) is 18.4. The number of hydrogen-bond acceptors (Lipinski definition) is 6. The van der Waals surface area contributed by atoms with E-state index in [-0.39, 0.29) is 18.0 Å². The zero-order chi connectivity index (χ0) is 22.3. The summed E-state index contributed by atoms with van der Waals surface area (Å²) in [7, 11) is 1.58. The van der Waals surface area contributed by atoms with Crippen molar-refractivity contribution >= 4 is 43.4 Å².